The van der Waals surface area contributed by atoms with E-state index in [2.05, 4.69) is 43.6 Å². The molecule has 0 aromatic carbocycles. The SMILES string of the molecule is CCN(CC)C(C)(CC)C(N)c1ccc(C)nc1. The fraction of sp³-hybridized carbons (Fsp3) is 0.667. The first-order valence-corrected chi connectivity index (χ1v) is 6.92. The van der Waals surface area contributed by atoms with Crippen LogP contribution in [-0.2, 0) is 0 Å². The van der Waals surface area contributed by atoms with E-state index in [4.69, 9.17) is 5.73 Å². The largest absolute Gasteiger partial charge is 0.322 e. The summed E-state index contributed by atoms with van der Waals surface area (Å²) in [7, 11) is 0. The van der Waals surface area contributed by atoms with Gasteiger partial charge < -0.3 is 5.73 Å². The fourth-order valence-electron chi connectivity index (χ4n) is 2.61. The van der Waals surface area contributed by atoms with Crippen LogP contribution in [0, 0.1) is 6.92 Å². The normalized spacial score (nSPS) is 16.6. The lowest BCUT2D eigenvalue weighted by molar-refractivity contribution is 0.0843. The first-order chi connectivity index (χ1) is 8.49. The van der Waals surface area contributed by atoms with Crippen molar-refractivity contribution in [3.63, 3.8) is 0 Å². The number of aromatic nitrogens is 1. The van der Waals surface area contributed by atoms with Crippen molar-refractivity contribution in [3.05, 3.63) is 29.6 Å². The van der Waals surface area contributed by atoms with Gasteiger partial charge in [-0.05, 0) is 45.0 Å². The van der Waals surface area contributed by atoms with Gasteiger partial charge in [0.15, 0.2) is 0 Å². The first-order valence-electron chi connectivity index (χ1n) is 6.92. The van der Waals surface area contributed by atoms with Crippen molar-refractivity contribution in [2.24, 2.45) is 5.73 Å². The van der Waals surface area contributed by atoms with Gasteiger partial charge in [0.25, 0.3) is 0 Å². The van der Waals surface area contributed by atoms with Crippen LogP contribution in [0.15, 0.2) is 18.3 Å². The molecule has 0 saturated heterocycles. The monoisotopic (exact) mass is 249 g/mol. The van der Waals surface area contributed by atoms with Crippen molar-refractivity contribution in [1.29, 1.82) is 0 Å². The molecule has 1 aromatic heterocycles. The van der Waals surface area contributed by atoms with E-state index in [1.807, 2.05) is 19.2 Å². The number of nitrogens with two attached hydrogens (primary N) is 1. The Labute approximate surface area is 111 Å². The van der Waals surface area contributed by atoms with E-state index in [-0.39, 0.29) is 11.6 Å². The summed E-state index contributed by atoms with van der Waals surface area (Å²) in [6, 6.07) is 4.13. The van der Waals surface area contributed by atoms with E-state index in [9.17, 15) is 0 Å². The van der Waals surface area contributed by atoms with Crippen molar-refractivity contribution >= 4 is 0 Å². The molecule has 0 aliphatic rings. The standard InChI is InChI=1S/C15H27N3/c1-6-15(5,18(7-2)8-3)14(16)13-10-9-12(4)17-11-13/h9-11,14H,6-8,16H2,1-5H3. The molecule has 2 atom stereocenters. The Hall–Kier alpha value is -0.930. The molecule has 0 aliphatic carbocycles. The quantitative estimate of drug-likeness (QED) is 0.843. The van der Waals surface area contributed by atoms with Crippen LogP contribution in [-0.4, -0.2) is 28.5 Å². The third kappa shape index (κ3) is 2.90. The molecule has 0 radical (unpaired) electrons. The number of nitrogens with zero attached hydrogens (tertiary/aromatic N) is 2. The van der Waals surface area contributed by atoms with Crippen LogP contribution in [0.5, 0.6) is 0 Å². The highest BCUT2D eigenvalue weighted by Gasteiger charge is 2.35. The Kier molecular flexibility index (Phi) is 5.29. The maximum atomic E-state index is 6.50. The summed E-state index contributed by atoms with van der Waals surface area (Å²) in [4.78, 5) is 6.80. The molecule has 3 heteroatoms. The van der Waals surface area contributed by atoms with Gasteiger partial charge in [0, 0.05) is 23.5 Å². The molecular weight excluding hydrogens is 222 g/mol. The summed E-state index contributed by atoms with van der Waals surface area (Å²) >= 11 is 0. The number of rotatable bonds is 6. The minimum Gasteiger partial charge on any atom is -0.322 e. The second kappa shape index (κ2) is 6.30. The van der Waals surface area contributed by atoms with Crippen LogP contribution in [0.2, 0.25) is 0 Å². The lowest BCUT2D eigenvalue weighted by Gasteiger charge is -2.44. The molecule has 0 fully saturated rings. The van der Waals surface area contributed by atoms with Crippen molar-refractivity contribution in [2.45, 2.75) is 52.6 Å². The summed E-state index contributed by atoms with van der Waals surface area (Å²) in [5.74, 6) is 0. The van der Waals surface area contributed by atoms with Crippen LogP contribution < -0.4 is 5.73 Å². The first kappa shape index (κ1) is 15.1. The maximum Gasteiger partial charge on any atom is 0.0494 e. The van der Waals surface area contributed by atoms with Crippen LogP contribution >= 0.6 is 0 Å². The molecule has 0 bridgehead atoms. The number of aryl methyl sites for hydroxylation is 1. The highest BCUT2D eigenvalue weighted by molar-refractivity contribution is 5.21. The Morgan fingerprint density at radius 2 is 1.89 bits per heavy atom. The smallest absolute Gasteiger partial charge is 0.0494 e. The van der Waals surface area contributed by atoms with Gasteiger partial charge in [0.2, 0.25) is 0 Å². The summed E-state index contributed by atoms with van der Waals surface area (Å²) in [6.07, 6.45) is 2.95. The molecule has 2 unspecified atom stereocenters. The zero-order chi connectivity index (χ0) is 13.8. The van der Waals surface area contributed by atoms with Crippen molar-refractivity contribution < 1.29 is 0 Å². The molecule has 0 amide bonds. The van der Waals surface area contributed by atoms with E-state index in [1.165, 1.54) is 0 Å². The van der Waals surface area contributed by atoms with Crippen LogP contribution in [0.3, 0.4) is 0 Å². The summed E-state index contributed by atoms with van der Waals surface area (Å²) < 4.78 is 0. The summed E-state index contributed by atoms with van der Waals surface area (Å²) in [6.45, 7) is 12.9. The summed E-state index contributed by atoms with van der Waals surface area (Å²) in [5, 5.41) is 0. The van der Waals surface area contributed by atoms with Gasteiger partial charge in [0.1, 0.15) is 0 Å². The third-order valence-corrected chi connectivity index (χ3v) is 4.17. The molecule has 0 aliphatic heterocycles. The van der Waals surface area contributed by atoms with Gasteiger partial charge in [-0.15, -0.1) is 0 Å². The van der Waals surface area contributed by atoms with Crippen LogP contribution in [0.25, 0.3) is 0 Å². The number of hydrogen-bond donors (Lipinski definition) is 1. The van der Waals surface area contributed by atoms with E-state index in [1.54, 1.807) is 0 Å². The Morgan fingerprint density at radius 3 is 2.28 bits per heavy atom. The number of hydrogen-bond acceptors (Lipinski definition) is 3. The third-order valence-electron chi connectivity index (χ3n) is 4.17. The van der Waals surface area contributed by atoms with Gasteiger partial charge in [-0.25, -0.2) is 0 Å². The second-order valence-corrected chi connectivity index (χ2v) is 5.09. The molecular formula is C15H27N3. The minimum absolute atomic E-state index is 0.00417. The molecule has 18 heavy (non-hydrogen) atoms. The Morgan fingerprint density at radius 1 is 1.28 bits per heavy atom. The van der Waals surface area contributed by atoms with Gasteiger partial charge in [-0.1, -0.05) is 26.8 Å². The Bertz CT molecular complexity index is 357. The predicted octanol–water partition coefficient (Wildman–Crippen LogP) is 2.90. The van der Waals surface area contributed by atoms with Crippen LogP contribution in [0.4, 0.5) is 0 Å². The molecule has 1 aromatic rings. The topological polar surface area (TPSA) is 42.1 Å². The van der Waals surface area contributed by atoms with E-state index < -0.39 is 0 Å². The highest BCUT2D eigenvalue weighted by Crippen LogP contribution is 2.31. The van der Waals surface area contributed by atoms with Crippen molar-refractivity contribution in [2.75, 3.05) is 13.1 Å². The lowest BCUT2D eigenvalue weighted by Crippen LogP contribution is -2.53. The second-order valence-electron chi connectivity index (χ2n) is 5.09. The van der Waals surface area contributed by atoms with Gasteiger partial charge in [-0.2, -0.15) is 0 Å². The maximum absolute atomic E-state index is 6.50. The van der Waals surface area contributed by atoms with Crippen LogP contribution in [0.1, 0.15) is 51.4 Å². The highest BCUT2D eigenvalue weighted by atomic mass is 15.2. The molecule has 2 N–H and O–H groups in total. The van der Waals surface area contributed by atoms with E-state index in [0.29, 0.717) is 0 Å². The number of pyridine rings is 1. The summed E-state index contributed by atoms with van der Waals surface area (Å²) in [5.41, 5.74) is 8.65. The molecule has 0 saturated carbocycles. The Balaban J connectivity index is 3.03. The van der Waals surface area contributed by atoms with Gasteiger partial charge in [0.05, 0.1) is 0 Å². The number of likely N-dealkylation sites (N-methyl/N-ethyl adjacent to an activating group) is 1. The van der Waals surface area contributed by atoms with Crippen molar-refractivity contribution in [1.82, 2.24) is 9.88 Å². The average Bonchev–Trinajstić information content (AvgIpc) is 2.39. The molecule has 0 spiro atoms. The molecule has 1 heterocycles. The molecule has 1 rings (SSSR count). The fourth-order valence-corrected chi connectivity index (χ4v) is 2.61. The molecule has 3 nitrogen and oxygen atoms in total. The molecule has 102 valence electrons. The van der Waals surface area contributed by atoms with E-state index >= 15 is 0 Å². The van der Waals surface area contributed by atoms with E-state index in [0.717, 1.165) is 30.8 Å². The lowest BCUT2D eigenvalue weighted by atomic mass is 9.84. The zero-order valence-electron chi connectivity index (χ0n) is 12.4. The predicted molar refractivity (Wildman–Crippen MR) is 77.5 cm³/mol. The van der Waals surface area contributed by atoms with Gasteiger partial charge in [-0.3, -0.25) is 9.88 Å². The van der Waals surface area contributed by atoms with Gasteiger partial charge >= 0.3 is 0 Å². The van der Waals surface area contributed by atoms with Crippen molar-refractivity contribution in [3.8, 4) is 0 Å². The average molecular weight is 249 g/mol. The minimum atomic E-state index is -0.0135. The zero-order valence-corrected chi connectivity index (χ0v) is 12.4.